The second kappa shape index (κ2) is 9.52. The quantitative estimate of drug-likeness (QED) is 0.342. The van der Waals surface area contributed by atoms with Crippen molar-refractivity contribution in [1.82, 2.24) is 14.9 Å². The lowest BCUT2D eigenvalue weighted by Crippen LogP contribution is -2.32. The van der Waals surface area contributed by atoms with E-state index in [0.717, 1.165) is 11.8 Å². The number of amides is 2. The first kappa shape index (κ1) is 21.4. The lowest BCUT2D eigenvalue weighted by Gasteiger charge is -2.12. The number of benzene rings is 2. The molecule has 4 rings (SSSR count). The lowest BCUT2D eigenvalue weighted by molar-refractivity contribution is -0.117. The van der Waals surface area contributed by atoms with E-state index in [1.807, 2.05) is 0 Å². The predicted molar refractivity (Wildman–Crippen MR) is 120 cm³/mol. The van der Waals surface area contributed by atoms with Crippen molar-refractivity contribution in [3.05, 3.63) is 88.6 Å². The average Bonchev–Trinajstić information content (AvgIpc) is 3.33. The van der Waals surface area contributed by atoms with Crippen molar-refractivity contribution >= 4 is 34.5 Å². The molecule has 1 N–H and O–H groups in total. The summed E-state index contributed by atoms with van der Waals surface area (Å²) < 4.78 is 11.9. The van der Waals surface area contributed by atoms with E-state index in [2.05, 4.69) is 10.3 Å². The van der Waals surface area contributed by atoms with E-state index in [1.165, 1.54) is 17.9 Å². The summed E-state index contributed by atoms with van der Waals surface area (Å²) in [7, 11) is 1.53. The predicted octanol–water partition coefficient (Wildman–Crippen LogP) is 3.10. The molecule has 0 aliphatic heterocycles. The normalized spacial score (nSPS) is 10.8. The van der Waals surface area contributed by atoms with Crippen molar-refractivity contribution < 1.29 is 18.7 Å². The first-order valence-electron chi connectivity index (χ1n) is 9.68. The topological polar surface area (TPSA) is 103 Å². The third kappa shape index (κ3) is 4.73. The molecule has 8 nitrogen and oxygen atoms in total. The van der Waals surface area contributed by atoms with Crippen LogP contribution in [-0.4, -0.2) is 34.2 Å². The van der Waals surface area contributed by atoms with Gasteiger partial charge < -0.3 is 9.15 Å². The van der Waals surface area contributed by atoms with Crippen LogP contribution in [0, 0.1) is 0 Å². The Hall–Kier alpha value is -3.85. The number of furan rings is 1. The van der Waals surface area contributed by atoms with Crippen molar-refractivity contribution in [3.63, 3.8) is 0 Å². The van der Waals surface area contributed by atoms with Gasteiger partial charge in [0.15, 0.2) is 5.16 Å². The second-order valence-corrected chi connectivity index (χ2v) is 7.72. The Balaban J connectivity index is 1.52. The summed E-state index contributed by atoms with van der Waals surface area (Å²) in [4.78, 5) is 42.3. The molecule has 2 aromatic carbocycles. The Bertz CT molecular complexity index is 1310. The minimum absolute atomic E-state index is 0.0924. The van der Waals surface area contributed by atoms with Crippen molar-refractivity contribution in [2.24, 2.45) is 0 Å². The Kier molecular flexibility index (Phi) is 6.37. The molecular formula is C23H19N3O5S. The minimum Gasteiger partial charge on any atom is -0.497 e. The number of imide groups is 1. The van der Waals surface area contributed by atoms with E-state index < -0.39 is 11.8 Å². The minimum atomic E-state index is -0.516. The van der Waals surface area contributed by atoms with Gasteiger partial charge in [0, 0.05) is 5.56 Å². The molecule has 162 valence electrons. The smallest absolute Gasteiger partial charge is 0.262 e. The molecule has 0 aliphatic rings. The summed E-state index contributed by atoms with van der Waals surface area (Å²) in [5, 5.41) is 3.18. The molecule has 0 fully saturated rings. The third-order valence-electron chi connectivity index (χ3n) is 4.66. The van der Waals surface area contributed by atoms with Crippen LogP contribution < -0.4 is 15.6 Å². The summed E-state index contributed by atoms with van der Waals surface area (Å²) in [6.45, 7) is 0.179. The monoisotopic (exact) mass is 449 g/mol. The number of rotatable bonds is 7. The van der Waals surface area contributed by atoms with E-state index >= 15 is 0 Å². The standard InChI is InChI=1S/C23H19N3O5S/c1-30-16-10-8-15(9-11-16)21(28)25-20(27)14-32-23-24-19-7-3-2-6-18(19)22(29)26(23)13-17-5-4-12-31-17/h2-12H,13-14H2,1H3,(H,25,27,28). The van der Waals surface area contributed by atoms with Gasteiger partial charge in [-0.2, -0.15) is 0 Å². The zero-order chi connectivity index (χ0) is 22.5. The van der Waals surface area contributed by atoms with Gasteiger partial charge in [-0.15, -0.1) is 0 Å². The third-order valence-corrected chi connectivity index (χ3v) is 5.63. The number of nitrogens with zero attached hydrogens (tertiary/aromatic N) is 2. The molecule has 0 radical (unpaired) electrons. The van der Waals surface area contributed by atoms with Gasteiger partial charge in [-0.3, -0.25) is 24.3 Å². The van der Waals surface area contributed by atoms with Crippen LogP contribution in [0.3, 0.4) is 0 Å². The molecule has 32 heavy (non-hydrogen) atoms. The largest absolute Gasteiger partial charge is 0.497 e. The number of carbonyl (C=O) groups excluding carboxylic acids is 2. The van der Waals surface area contributed by atoms with Crippen LogP contribution in [0.2, 0.25) is 0 Å². The summed E-state index contributed by atoms with van der Waals surface area (Å²) in [5.74, 6) is 0.0937. The number of fused-ring (bicyclic) bond motifs is 1. The molecule has 9 heteroatoms. The molecule has 2 amide bonds. The van der Waals surface area contributed by atoms with Gasteiger partial charge in [0.25, 0.3) is 11.5 Å². The number of nitrogens with one attached hydrogen (secondary N) is 1. The first-order valence-corrected chi connectivity index (χ1v) is 10.7. The van der Waals surface area contributed by atoms with Crippen molar-refractivity contribution in [3.8, 4) is 5.75 Å². The van der Waals surface area contributed by atoms with E-state index in [4.69, 9.17) is 9.15 Å². The zero-order valence-corrected chi connectivity index (χ0v) is 17.9. The fourth-order valence-electron chi connectivity index (χ4n) is 3.06. The van der Waals surface area contributed by atoms with Gasteiger partial charge >= 0.3 is 0 Å². The first-order chi connectivity index (χ1) is 15.5. The van der Waals surface area contributed by atoms with Gasteiger partial charge in [-0.1, -0.05) is 23.9 Å². The average molecular weight is 449 g/mol. The molecule has 0 unspecified atom stereocenters. The van der Waals surface area contributed by atoms with Crippen LogP contribution in [0.25, 0.3) is 10.9 Å². The van der Waals surface area contributed by atoms with Crippen LogP contribution in [0.4, 0.5) is 0 Å². The van der Waals surface area contributed by atoms with Crippen molar-refractivity contribution in [2.45, 2.75) is 11.7 Å². The Morgan fingerprint density at radius 3 is 2.59 bits per heavy atom. The van der Waals surface area contributed by atoms with Crippen molar-refractivity contribution in [2.75, 3.05) is 12.9 Å². The highest BCUT2D eigenvalue weighted by Crippen LogP contribution is 2.19. The highest BCUT2D eigenvalue weighted by Gasteiger charge is 2.16. The maximum atomic E-state index is 13.0. The van der Waals surface area contributed by atoms with E-state index in [0.29, 0.717) is 33.1 Å². The highest BCUT2D eigenvalue weighted by atomic mass is 32.2. The number of ether oxygens (including phenoxy) is 1. The molecule has 0 saturated carbocycles. The molecule has 4 aromatic rings. The highest BCUT2D eigenvalue weighted by molar-refractivity contribution is 7.99. The summed E-state index contributed by atoms with van der Waals surface area (Å²) in [5.41, 5.74) is 0.636. The van der Waals surface area contributed by atoms with Gasteiger partial charge in [0.05, 0.1) is 36.6 Å². The molecule has 0 aliphatic carbocycles. The van der Waals surface area contributed by atoms with E-state index in [9.17, 15) is 14.4 Å². The number of hydrogen-bond acceptors (Lipinski definition) is 7. The molecule has 0 atom stereocenters. The number of hydrogen-bond donors (Lipinski definition) is 1. The van der Waals surface area contributed by atoms with Gasteiger partial charge in [0.2, 0.25) is 5.91 Å². The fraction of sp³-hybridized carbons (Fsp3) is 0.130. The zero-order valence-electron chi connectivity index (χ0n) is 17.1. The summed E-state index contributed by atoms with van der Waals surface area (Å²) in [6, 6.07) is 16.9. The molecular weight excluding hydrogens is 430 g/mol. The Morgan fingerprint density at radius 2 is 1.88 bits per heavy atom. The number of aromatic nitrogens is 2. The van der Waals surface area contributed by atoms with Crippen LogP contribution in [0.1, 0.15) is 16.1 Å². The maximum absolute atomic E-state index is 13.0. The summed E-state index contributed by atoms with van der Waals surface area (Å²) in [6.07, 6.45) is 1.53. The molecule has 0 spiro atoms. The van der Waals surface area contributed by atoms with Gasteiger partial charge in [-0.25, -0.2) is 4.98 Å². The maximum Gasteiger partial charge on any atom is 0.262 e. The van der Waals surface area contributed by atoms with E-state index in [-0.39, 0.29) is 17.9 Å². The fourth-order valence-corrected chi connectivity index (χ4v) is 3.86. The Labute approximate surface area is 187 Å². The summed E-state index contributed by atoms with van der Waals surface area (Å²) >= 11 is 1.08. The Morgan fingerprint density at radius 1 is 1.09 bits per heavy atom. The van der Waals surface area contributed by atoms with Crippen molar-refractivity contribution in [1.29, 1.82) is 0 Å². The number of thioether (sulfide) groups is 1. The second-order valence-electron chi connectivity index (χ2n) is 6.78. The van der Waals surface area contributed by atoms with Crippen LogP contribution in [0.15, 0.2) is 81.3 Å². The lowest BCUT2D eigenvalue weighted by atomic mass is 10.2. The number of methoxy groups -OCH3 is 1. The van der Waals surface area contributed by atoms with E-state index in [1.54, 1.807) is 60.7 Å². The SMILES string of the molecule is COc1ccc(C(=O)NC(=O)CSc2nc3ccccc3c(=O)n2Cc2ccco2)cc1. The van der Waals surface area contributed by atoms with Crippen LogP contribution in [0.5, 0.6) is 5.75 Å². The molecule has 2 aromatic heterocycles. The van der Waals surface area contributed by atoms with Gasteiger partial charge in [-0.05, 0) is 48.5 Å². The number of carbonyl (C=O) groups is 2. The van der Waals surface area contributed by atoms with Crippen LogP contribution in [-0.2, 0) is 11.3 Å². The molecule has 2 heterocycles. The van der Waals surface area contributed by atoms with Crippen LogP contribution >= 0.6 is 11.8 Å². The van der Waals surface area contributed by atoms with Gasteiger partial charge in [0.1, 0.15) is 11.5 Å². The number of para-hydroxylation sites is 1. The molecule has 0 bridgehead atoms. The molecule has 0 saturated heterocycles.